The SMILES string of the molecule is CCCCC1=C([Si](C)(C)C2=C(CCCC)Cc3cccc(-c4ccc(C(C)C)cc4)c32)c2c(cccc2-c2ccc(C(C)C)cc2)C1. The zero-order valence-electron chi connectivity index (χ0n) is 30.4. The quantitative estimate of drug-likeness (QED) is 0.136. The highest BCUT2D eigenvalue weighted by Gasteiger charge is 2.43. The van der Waals surface area contributed by atoms with Gasteiger partial charge in [-0.25, -0.2) is 0 Å². The van der Waals surface area contributed by atoms with E-state index in [2.05, 4.69) is 140 Å². The lowest BCUT2D eigenvalue weighted by atomic mass is 9.94. The number of fused-ring (bicyclic) bond motifs is 2. The molecule has 4 aromatic carbocycles. The van der Waals surface area contributed by atoms with Crippen molar-refractivity contribution in [3.8, 4) is 22.3 Å². The molecule has 47 heavy (non-hydrogen) atoms. The van der Waals surface area contributed by atoms with Crippen LogP contribution in [-0.2, 0) is 12.8 Å². The third-order valence-electron chi connectivity index (χ3n) is 11.0. The predicted octanol–water partition coefficient (Wildman–Crippen LogP) is 13.8. The maximum Gasteiger partial charge on any atom is 0.113 e. The van der Waals surface area contributed by atoms with Crippen LogP contribution in [-0.4, -0.2) is 8.07 Å². The summed E-state index contributed by atoms with van der Waals surface area (Å²) < 4.78 is 0. The van der Waals surface area contributed by atoms with E-state index in [1.807, 2.05) is 0 Å². The lowest BCUT2D eigenvalue weighted by molar-refractivity contribution is 0.778. The van der Waals surface area contributed by atoms with Crippen LogP contribution < -0.4 is 0 Å². The molecule has 1 heteroatoms. The molecule has 2 aliphatic rings. The number of allylic oxidation sites excluding steroid dienone is 2. The first-order valence-electron chi connectivity index (χ1n) is 18.6. The van der Waals surface area contributed by atoms with Crippen molar-refractivity contribution in [1.29, 1.82) is 0 Å². The van der Waals surface area contributed by atoms with Gasteiger partial charge in [-0.05, 0) is 116 Å². The van der Waals surface area contributed by atoms with Gasteiger partial charge in [0.25, 0.3) is 0 Å². The average Bonchev–Trinajstić information content (AvgIpc) is 3.65. The van der Waals surface area contributed by atoms with Crippen molar-refractivity contribution in [2.45, 2.75) is 118 Å². The molecular weight excluding hydrogens is 581 g/mol. The molecule has 0 radical (unpaired) electrons. The summed E-state index contributed by atoms with van der Waals surface area (Å²) in [6, 6.07) is 33.3. The Labute approximate surface area is 287 Å². The van der Waals surface area contributed by atoms with E-state index in [-0.39, 0.29) is 0 Å². The number of unbranched alkanes of at least 4 members (excludes halogenated alkanes) is 2. The molecule has 0 bridgehead atoms. The van der Waals surface area contributed by atoms with Crippen molar-refractivity contribution >= 4 is 18.5 Å². The molecule has 0 aromatic heterocycles. The zero-order valence-corrected chi connectivity index (χ0v) is 31.4. The van der Waals surface area contributed by atoms with Crippen molar-refractivity contribution in [1.82, 2.24) is 0 Å². The van der Waals surface area contributed by atoms with Crippen LogP contribution in [0.1, 0.15) is 125 Å². The molecule has 0 atom stereocenters. The molecule has 0 saturated carbocycles. The molecule has 244 valence electrons. The molecule has 2 aliphatic carbocycles. The highest BCUT2D eigenvalue weighted by Crippen LogP contribution is 2.53. The van der Waals surface area contributed by atoms with E-state index in [1.54, 1.807) is 43.8 Å². The van der Waals surface area contributed by atoms with Gasteiger partial charge in [-0.2, -0.15) is 0 Å². The Morgan fingerprint density at radius 2 is 0.915 bits per heavy atom. The minimum absolute atomic E-state index is 0.541. The Morgan fingerprint density at radius 1 is 0.532 bits per heavy atom. The van der Waals surface area contributed by atoms with Crippen LogP contribution in [0, 0.1) is 0 Å². The van der Waals surface area contributed by atoms with Crippen molar-refractivity contribution in [3.63, 3.8) is 0 Å². The Hall–Kier alpha value is -3.42. The maximum atomic E-state index is 2.71. The first-order chi connectivity index (χ1) is 22.6. The van der Waals surface area contributed by atoms with E-state index in [1.165, 1.54) is 71.9 Å². The number of benzene rings is 4. The zero-order chi connectivity index (χ0) is 33.3. The fraction of sp³-hybridized carbons (Fsp3) is 0.391. The second-order valence-corrected chi connectivity index (χ2v) is 19.6. The number of rotatable bonds is 12. The van der Waals surface area contributed by atoms with Crippen LogP contribution >= 0.6 is 0 Å². The predicted molar refractivity (Wildman–Crippen MR) is 210 cm³/mol. The van der Waals surface area contributed by atoms with Gasteiger partial charge in [-0.3, -0.25) is 0 Å². The topological polar surface area (TPSA) is 0 Å². The second kappa shape index (κ2) is 14.0. The van der Waals surface area contributed by atoms with Crippen LogP contribution in [0.4, 0.5) is 0 Å². The highest BCUT2D eigenvalue weighted by molar-refractivity contribution is 7.09. The Morgan fingerprint density at radius 3 is 1.26 bits per heavy atom. The molecule has 0 saturated heterocycles. The van der Waals surface area contributed by atoms with Gasteiger partial charge >= 0.3 is 0 Å². The Balaban J connectivity index is 1.56. The largest absolute Gasteiger partial charge is 0.113 e. The average molecular weight is 637 g/mol. The lowest BCUT2D eigenvalue weighted by Gasteiger charge is -2.33. The van der Waals surface area contributed by atoms with Crippen LogP contribution in [0.25, 0.3) is 32.6 Å². The maximum absolute atomic E-state index is 2.71. The molecular formula is C46H56Si. The van der Waals surface area contributed by atoms with Crippen LogP contribution in [0.15, 0.2) is 96.1 Å². The molecule has 0 unspecified atom stereocenters. The fourth-order valence-corrected chi connectivity index (χ4v) is 12.8. The minimum atomic E-state index is -2.19. The van der Waals surface area contributed by atoms with Crippen molar-refractivity contribution < 1.29 is 0 Å². The first-order valence-corrected chi connectivity index (χ1v) is 21.6. The molecule has 0 spiro atoms. The van der Waals surface area contributed by atoms with E-state index in [0.29, 0.717) is 11.8 Å². The van der Waals surface area contributed by atoms with Gasteiger partial charge in [0.15, 0.2) is 0 Å². The standard InChI is InChI=1S/C46H56Si/c1-9-11-15-39-29-37-17-13-19-41(35-25-21-33(22-26-35)31(3)4)43(37)45(39)47(7,8)46-40(16-12-10-2)30-38-18-14-20-42(44(38)46)36-27-23-34(24-28-36)32(5)6/h13-14,17-28,31-32H,9-12,15-16,29-30H2,1-8H3. The molecule has 0 fully saturated rings. The summed E-state index contributed by atoms with van der Waals surface area (Å²) in [5, 5.41) is 3.48. The van der Waals surface area contributed by atoms with Crippen LogP contribution in [0.3, 0.4) is 0 Å². The number of hydrogen-bond acceptors (Lipinski definition) is 0. The smallest absolute Gasteiger partial charge is 0.0655 e. The third kappa shape index (κ3) is 6.41. The summed E-state index contributed by atoms with van der Waals surface area (Å²) in [4.78, 5) is 0. The summed E-state index contributed by atoms with van der Waals surface area (Å²) in [5.74, 6) is 1.08. The van der Waals surface area contributed by atoms with Crippen molar-refractivity contribution in [2.75, 3.05) is 0 Å². The van der Waals surface area contributed by atoms with Gasteiger partial charge in [-0.1, -0.05) is 164 Å². The van der Waals surface area contributed by atoms with Gasteiger partial charge in [-0.15, -0.1) is 0 Å². The van der Waals surface area contributed by atoms with Gasteiger partial charge < -0.3 is 0 Å². The normalized spacial score (nSPS) is 14.5. The minimum Gasteiger partial charge on any atom is -0.0655 e. The molecule has 4 aromatic rings. The van der Waals surface area contributed by atoms with E-state index in [4.69, 9.17) is 0 Å². The van der Waals surface area contributed by atoms with Gasteiger partial charge in [0.05, 0.1) is 0 Å². The van der Waals surface area contributed by atoms with Crippen molar-refractivity contribution in [3.05, 3.63) is 129 Å². The van der Waals surface area contributed by atoms with Crippen LogP contribution in [0.5, 0.6) is 0 Å². The monoisotopic (exact) mass is 636 g/mol. The Kier molecular flexibility index (Phi) is 9.95. The lowest BCUT2D eigenvalue weighted by Crippen LogP contribution is -2.32. The summed E-state index contributed by atoms with van der Waals surface area (Å²) in [5.41, 5.74) is 18.1. The molecule has 6 rings (SSSR count). The summed E-state index contributed by atoms with van der Waals surface area (Å²) in [6.07, 6.45) is 9.66. The Bertz CT molecular complexity index is 1660. The summed E-state index contributed by atoms with van der Waals surface area (Å²) in [6.45, 7) is 19.3. The van der Waals surface area contributed by atoms with Crippen molar-refractivity contribution in [2.24, 2.45) is 0 Å². The second-order valence-electron chi connectivity index (χ2n) is 15.4. The van der Waals surface area contributed by atoms with E-state index < -0.39 is 8.07 Å². The van der Waals surface area contributed by atoms with E-state index in [0.717, 1.165) is 12.8 Å². The summed E-state index contributed by atoms with van der Waals surface area (Å²) >= 11 is 0. The van der Waals surface area contributed by atoms with E-state index in [9.17, 15) is 0 Å². The fourth-order valence-electron chi connectivity index (χ4n) is 8.49. The van der Waals surface area contributed by atoms with E-state index >= 15 is 0 Å². The van der Waals surface area contributed by atoms with Gasteiger partial charge in [0.1, 0.15) is 8.07 Å². The molecule has 0 heterocycles. The highest BCUT2D eigenvalue weighted by atomic mass is 28.3. The third-order valence-corrected chi connectivity index (χ3v) is 14.7. The molecule has 0 nitrogen and oxygen atoms in total. The molecule has 0 N–H and O–H groups in total. The molecule has 0 amide bonds. The van der Waals surface area contributed by atoms with Gasteiger partial charge in [0, 0.05) is 0 Å². The molecule has 0 aliphatic heterocycles. The van der Waals surface area contributed by atoms with Gasteiger partial charge in [0.2, 0.25) is 0 Å². The summed E-state index contributed by atoms with van der Waals surface area (Å²) in [7, 11) is -2.19. The number of hydrogen-bond donors (Lipinski definition) is 0. The first kappa shape index (κ1) is 33.5. The van der Waals surface area contributed by atoms with Crippen LogP contribution in [0.2, 0.25) is 13.1 Å².